The van der Waals surface area contributed by atoms with Gasteiger partial charge in [-0.3, -0.25) is 4.79 Å². The van der Waals surface area contributed by atoms with E-state index in [1.165, 1.54) is 5.57 Å². The van der Waals surface area contributed by atoms with E-state index in [2.05, 4.69) is 12.8 Å². The minimum atomic E-state index is -1.33. The molecule has 4 rings (SSSR count). The molecule has 6 atom stereocenters. The largest absolute Gasteiger partial charge is 0.372 e. The van der Waals surface area contributed by atoms with E-state index in [-0.39, 0.29) is 5.41 Å². The van der Waals surface area contributed by atoms with Crippen molar-refractivity contribution in [2.24, 2.45) is 29.1 Å². The highest BCUT2D eigenvalue weighted by Gasteiger charge is 2.60. The van der Waals surface area contributed by atoms with Crippen LogP contribution in [0.5, 0.6) is 0 Å². The molecule has 0 heterocycles. The molecular formula is C21H25ClO2. The fraction of sp³-hybridized carbons (Fsp3) is 0.667. The summed E-state index contributed by atoms with van der Waals surface area (Å²) in [6.45, 7) is 2.14. The van der Waals surface area contributed by atoms with Crippen LogP contribution in [-0.4, -0.2) is 16.5 Å². The van der Waals surface area contributed by atoms with E-state index in [1.807, 2.05) is 12.2 Å². The van der Waals surface area contributed by atoms with Crippen LogP contribution in [0.4, 0.5) is 0 Å². The molecule has 0 aliphatic heterocycles. The van der Waals surface area contributed by atoms with Crippen molar-refractivity contribution in [1.29, 1.82) is 0 Å². The van der Waals surface area contributed by atoms with E-state index in [9.17, 15) is 9.90 Å². The monoisotopic (exact) mass is 344 g/mol. The molecule has 128 valence electrons. The summed E-state index contributed by atoms with van der Waals surface area (Å²) in [5, 5.41) is 11.6. The van der Waals surface area contributed by atoms with Gasteiger partial charge in [-0.15, -0.1) is 6.42 Å². The van der Waals surface area contributed by atoms with Crippen molar-refractivity contribution in [3.8, 4) is 12.3 Å². The molecule has 0 aromatic carbocycles. The number of terminal acetylenes is 1. The van der Waals surface area contributed by atoms with Crippen LogP contribution in [0.3, 0.4) is 0 Å². The average Bonchev–Trinajstić information content (AvgIpc) is 2.58. The topological polar surface area (TPSA) is 37.3 Å². The standard InChI is InChI=1S/C21H25ClO2/c1-3-21(24)19(22)9-8-18-17-6-4-13-12-14(23)5-7-15(13)16(17)10-11-20(18,21)2/h1,9,12,15-18,24H,4-8,10-11H2,2H3/t15-,16+,17+,18-,20-,21-/m0/s1. The van der Waals surface area contributed by atoms with Gasteiger partial charge in [-0.25, -0.2) is 0 Å². The second-order valence-electron chi connectivity index (χ2n) is 8.40. The third kappa shape index (κ3) is 2.04. The van der Waals surface area contributed by atoms with Gasteiger partial charge >= 0.3 is 0 Å². The molecule has 0 radical (unpaired) electrons. The SMILES string of the molecule is C#C[C@]1(O)C(Cl)=CC[C@H]2[C@@H]3CCC4=CC(=O)CC[C@@H]4[C@H]3CC[C@@]21C. The number of carbonyl (C=O) groups is 1. The zero-order valence-electron chi connectivity index (χ0n) is 14.2. The van der Waals surface area contributed by atoms with Gasteiger partial charge < -0.3 is 5.11 Å². The zero-order chi connectivity index (χ0) is 17.1. The van der Waals surface area contributed by atoms with Gasteiger partial charge in [0, 0.05) is 11.8 Å². The highest BCUT2D eigenvalue weighted by atomic mass is 35.5. The Hall–Kier alpha value is -1.04. The number of halogens is 1. The van der Waals surface area contributed by atoms with Gasteiger partial charge in [-0.1, -0.05) is 36.1 Å². The quantitative estimate of drug-likeness (QED) is 0.668. The van der Waals surface area contributed by atoms with Gasteiger partial charge in [0.15, 0.2) is 11.4 Å². The van der Waals surface area contributed by atoms with Crippen molar-refractivity contribution in [2.45, 2.75) is 57.5 Å². The van der Waals surface area contributed by atoms with E-state index in [0.717, 1.165) is 38.5 Å². The minimum absolute atomic E-state index is 0.300. The van der Waals surface area contributed by atoms with E-state index in [4.69, 9.17) is 18.0 Å². The molecule has 0 spiro atoms. The van der Waals surface area contributed by atoms with Gasteiger partial charge in [-0.05, 0) is 68.3 Å². The molecule has 0 amide bonds. The predicted molar refractivity (Wildman–Crippen MR) is 95.2 cm³/mol. The first-order chi connectivity index (χ1) is 11.4. The van der Waals surface area contributed by atoms with E-state index < -0.39 is 5.60 Å². The first-order valence-corrected chi connectivity index (χ1v) is 9.58. The summed E-state index contributed by atoms with van der Waals surface area (Å²) in [5.41, 5.74) is -0.297. The summed E-state index contributed by atoms with van der Waals surface area (Å²) in [4.78, 5) is 11.8. The lowest BCUT2D eigenvalue weighted by atomic mass is 9.46. The maximum Gasteiger partial charge on any atom is 0.166 e. The van der Waals surface area contributed by atoms with Crippen LogP contribution >= 0.6 is 11.6 Å². The number of hydrogen-bond acceptors (Lipinski definition) is 2. The van der Waals surface area contributed by atoms with Gasteiger partial charge in [0.2, 0.25) is 0 Å². The van der Waals surface area contributed by atoms with Crippen LogP contribution in [0.25, 0.3) is 0 Å². The summed E-state index contributed by atoms with van der Waals surface area (Å²) in [6, 6.07) is 0. The van der Waals surface area contributed by atoms with Gasteiger partial charge in [-0.2, -0.15) is 0 Å². The minimum Gasteiger partial charge on any atom is -0.372 e. The number of allylic oxidation sites excluding steroid dienone is 3. The Bertz CT molecular complexity index is 684. The first kappa shape index (κ1) is 16.4. The zero-order valence-corrected chi connectivity index (χ0v) is 15.0. The fourth-order valence-corrected chi connectivity index (χ4v) is 6.63. The predicted octanol–water partition coefficient (Wildman–Crippen LogP) is 4.23. The lowest BCUT2D eigenvalue weighted by Crippen LogP contribution is -2.58. The molecule has 3 heteroatoms. The molecule has 0 saturated heterocycles. The van der Waals surface area contributed by atoms with Crippen molar-refractivity contribution >= 4 is 17.4 Å². The normalized spacial score (nSPS) is 47.5. The van der Waals surface area contributed by atoms with Gasteiger partial charge in [0.25, 0.3) is 0 Å². The molecule has 0 aromatic rings. The Morgan fingerprint density at radius 3 is 2.83 bits per heavy atom. The van der Waals surface area contributed by atoms with Crippen LogP contribution in [0.15, 0.2) is 22.8 Å². The summed E-state index contributed by atoms with van der Waals surface area (Å²) >= 11 is 6.36. The Labute approximate surface area is 149 Å². The number of aliphatic hydroxyl groups is 1. The van der Waals surface area contributed by atoms with Crippen LogP contribution < -0.4 is 0 Å². The second-order valence-corrected chi connectivity index (χ2v) is 8.81. The first-order valence-electron chi connectivity index (χ1n) is 9.20. The molecule has 0 unspecified atom stereocenters. The molecule has 2 saturated carbocycles. The highest BCUT2D eigenvalue weighted by Crippen LogP contribution is 2.63. The van der Waals surface area contributed by atoms with Crippen LogP contribution in [-0.2, 0) is 4.79 Å². The summed E-state index contributed by atoms with van der Waals surface area (Å²) in [7, 11) is 0. The van der Waals surface area contributed by atoms with Crippen molar-refractivity contribution in [1.82, 2.24) is 0 Å². The Kier molecular flexibility index (Phi) is 3.75. The summed E-state index contributed by atoms with van der Waals surface area (Å²) < 4.78 is 0. The maximum absolute atomic E-state index is 11.8. The summed E-state index contributed by atoms with van der Waals surface area (Å²) in [5.74, 6) is 5.06. The molecule has 1 N–H and O–H groups in total. The lowest BCUT2D eigenvalue weighted by Gasteiger charge is -2.59. The molecule has 0 aromatic heterocycles. The number of ketones is 1. The van der Waals surface area contributed by atoms with Crippen molar-refractivity contribution < 1.29 is 9.90 Å². The highest BCUT2D eigenvalue weighted by molar-refractivity contribution is 6.31. The molecule has 2 fully saturated rings. The average molecular weight is 345 g/mol. The molecule has 2 nitrogen and oxygen atoms in total. The lowest BCUT2D eigenvalue weighted by molar-refractivity contribution is -0.120. The molecule has 24 heavy (non-hydrogen) atoms. The second kappa shape index (κ2) is 5.48. The number of carbonyl (C=O) groups excluding carboxylic acids is 1. The van der Waals surface area contributed by atoms with Gasteiger partial charge in [0.05, 0.1) is 5.03 Å². The molecule has 4 aliphatic carbocycles. The van der Waals surface area contributed by atoms with Crippen LogP contribution in [0.1, 0.15) is 51.9 Å². The van der Waals surface area contributed by atoms with Crippen molar-refractivity contribution in [3.63, 3.8) is 0 Å². The summed E-state index contributed by atoms with van der Waals surface area (Å²) in [6.07, 6.45) is 16.3. The number of rotatable bonds is 0. The third-order valence-electron chi connectivity index (χ3n) is 7.62. The molecular weight excluding hydrogens is 320 g/mol. The smallest absolute Gasteiger partial charge is 0.166 e. The third-order valence-corrected chi connectivity index (χ3v) is 8.05. The maximum atomic E-state index is 11.8. The van der Waals surface area contributed by atoms with Gasteiger partial charge in [0.1, 0.15) is 0 Å². The molecule has 4 aliphatic rings. The Morgan fingerprint density at radius 1 is 1.29 bits per heavy atom. The van der Waals surface area contributed by atoms with E-state index >= 15 is 0 Å². The van der Waals surface area contributed by atoms with E-state index in [1.54, 1.807) is 0 Å². The van der Waals surface area contributed by atoms with Crippen LogP contribution in [0, 0.1) is 41.4 Å². The van der Waals surface area contributed by atoms with Crippen molar-refractivity contribution in [3.05, 3.63) is 22.8 Å². The number of hydrogen-bond donors (Lipinski definition) is 1. The Morgan fingerprint density at radius 2 is 2.08 bits per heavy atom. The van der Waals surface area contributed by atoms with E-state index in [0.29, 0.717) is 40.9 Å². The fourth-order valence-electron chi connectivity index (χ4n) is 6.27. The van der Waals surface area contributed by atoms with Crippen LogP contribution in [0.2, 0.25) is 0 Å². The van der Waals surface area contributed by atoms with Crippen molar-refractivity contribution in [2.75, 3.05) is 0 Å². The molecule has 0 bridgehead atoms. The number of fused-ring (bicyclic) bond motifs is 5. The Balaban J connectivity index is 1.70.